The number of aliphatic hydroxyl groups excluding tert-OH is 1. The quantitative estimate of drug-likeness (QED) is 0.388. The first-order chi connectivity index (χ1) is 3.48. The van der Waals surface area contributed by atoms with Crippen LogP contribution in [0.3, 0.4) is 0 Å². The Balaban J connectivity index is 3.62. The summed E-state index contributed by atoms with van der Waals surface area (Å²) in [4.78, 5) is 0. The first-order valence-corrected chi connectivity index (χ1v) is 2.19. The highest BCUT2D eigenvalue weighted by Crippen LogP contribution is 2.02. The lowest BCUT2D eigenvalue weighted by Gasteiger charge is -2.19. The molecular formula is C4H9O4. The Hall–Kier alpha value is -0.160. The molecule has 0 heterocycles. The summed E-state index contributed by atoms with van der Waals surface area (Å²) in [5.74, 6) is -2.25. The van der Waals surface area contributed by atoms with E-state index in [4.69, 9.17) is 15.3 Å². The van der Waals surface area contributed by atoms with Crippen molar-refractivity contribution in [1.82, 2.24) is 0 Å². The Morgan fingerprint density at radius 2 is 2.00 bits per heavy atom. The van der Waals surface area contributed by atoms with Crippen molar-refractivity contribution in [2.45, 2.75) is 18.8 Å². The highest BCUT2D eigenvalue weighted by atomic mass is 16.5. The normalized spacial score (nSPS) is 16.1. The van der Waals surface area contributed by atoms with Crippen LogP contribution in [0.25, 0.3) is 0 Å². The summed E-state index contributed by atoms with van der Waals surface area (Å²) < 4.78 is 0. The molecule has 0 spiro atoms. The molecule has 1 radical (unpaired) electrons. The van der Waals surface area contributed by atoms with E-state index in [2.05, 4.69) is 0 Å². The van der Waals surface area contributed by atoms with Gasteiger partial charge in [-0.25, -0.2) is 5.11 Å². The van der Waals surface area contributed by atoms with E-state index in [1.807, 2.05) is 0 Å². The minimum absolute atomic E-state index is 0.899. The van der Waals surface area contributed by atoms with Crippen LogP contribution in [0.1, 0.15) is 6.92 Å². The van der Waals surface area contributed by atoms with Crippen molar-refractivity contribution in [1.29, 1.82) is 0 Å². The van der Waals surface area contributed by atoms with E-state index in [1.54, 1.807) is 0 Å². The molecule has 0 aliphatic carbocycles. The van der Waals surface area contributed by atoms with Gasteiger partial charge in [0.15, 0.2) is 5.79 Å². The summed E-state index contributed by atoms with van der Waals surface area (Å²) in [5.41, 5.74) is 0. The number of aliphatic hydroxyl groups is 3. The first-order valence-electron chi connectivity index (χ1n) is 2.19. The van der Waals surface area contributed by atoms with E-state index in [1.165, 1.54) is 0 Å². The molecule has 0 saturated heterocycles. The lowest BCUT2D eigenvalue weighted by Crippen LogP contribution is -2.40. The fourth-order valence-corrected chi connectivity index (χ4v) is 0.158. The van der Waals surface area contributed by atoms with Gasteiger partial charge in [-0.1, -0.05) is 0 Å². The molecule has 1 unspecified atom stereocenters. The first kappa shape index (κ1) is 7.84. The van der Waals surface area contributed by atoms with Crippen molar-refractivity contribution in [3.8, 4) is 0 Å². The van der Waals surface area contributed by atoms with Gasteiger partial charge in [-0.05, 0) is 6.92 Å². The van der Waals surface area contributed by atoms with E-state index in [0.29, 0.717) is 0 Å². The molecule has 0 aromatic rings. The van der Waals surface area contributed by atoms with Gasteiger partial charge in [0, 0.05) is 0 Å². The second-order valence-electron chi connectivity index (χ2n) is 1.78. The lowest BCUT2D eigenvalue weighted by atomic mass is 10.2. The van der Waals surface area contributed by atoms with Crippen LogP contribution in [-0.4, -0.2) is 33.8 Å². The fraction of sp³-hybridized carbons (Fsp3) is 1.00. The summed E-state index contributed by atoms with van der Waals surface area (Å²) in [6.07, 6.45) is -1.59. The second-order valence-corrected chi connectivity index (χ2v) is 1.78. The Labute approximate surface area is 47.0 Å². The minimum atomic E-state index is -2.25. The molecule has 0 aliphatic rings. The number of hydrogen-bond donors (Lipinski definition) is 3. The van der Waals surface area contributed by atoms with Crippen LogP contribution in [0.15, 0.2) is 0 Å². The zero-order valence-corrected chi connectivity index (χ0v) is 4.53. The van der Waals surface area contributed by atoms with Crippen molar-refractivity contribution in [2.24, 2.45) is 0 Å². The maximum atomic E-state index is 9.71. The molecule has 4 heteroatoms. The van der Waals surface area contributed by atoms with Crippen molar-refractivity contribution in [3.63, 3.8) is 0 Å². The molecule has 0 amide bonds. The zero-order chi connectivity index (χ0) is 6.78. The molecule has 0 aromatic carbocycles. The molecule has 3 N–H and O–H groups in total. The van der Waals surface area contributed by atoms with Crippen LogP contribution in [-0.2, 0) is 5.11 Å². The van der Waals surface area contributed by atoms with Gasteiger partial charge in [0.1, 0.15) is 12.7 Å². The molecule has 0 aromatic heterocycles. The lowest BCUT2D eigenvalue weighted by molar-refractivity contribution is -0.223. The van der Waals surface area contributed by atoms with Crippen LogP contribution in [0.5, 0.6) is 0 Å². The molecule has 0 fully saturated rings. The van der Waals surface area contributed by atoms with Gasteiger partial charge in [0.05, 0.1) is 0 Å². The Morgan fingerprint density at radius 1 is 1.62 bits per heavy atom. The summed E-state index contributed by atoms with van der Waals surface area (Å²) in [6, 6.07) is 0. The monoisotopic (exact) mass is 121 g/mol. The molecule has 0 saturated carbocycles. The van der Waals surface area contributed by atoms with Gasteiger partial charge in [-0.2, -0.15) is 0 Å². The molecule has 0 rings (SSSR count). The predicted molar refractivity (Wildman–Crippen MR) is 24.4 cm³/mol. The third-order valence-corrected chi connectivity index (χ3v) is 0.789. The molecular weight excluding hydrogens is 112 g/mol. The predicted octanol–water partition coefficient (Wildman–Crippen LogP) is -1.52. The van der Waals surface area contributed by atoms with Gasteiger partial charge in [0.2, 0.25) is 0 Å². The average Bonchev–Trinajstić information content (AvgIpc) is 1.62. The zero-order valence-electron chi connectivity index (χ0n) is 4.53. The third kappa shape index (κ3) is 2.23. The maximum Gasteiger partial charge on any atom is 0.188 e. The van der Waals surface area contributed by atoms with E-state index < -0.39 is 18.5 Å². The summed E-state index contributed by atoms with van der Waals surface area (Å²) in [6.45, 7) is 0.0546. The smallest absolute Gasteiger partial charge is 0.188 e. The van der Waals surface area contributed by atoms with Crippen molar-refractivity contribution >= 4 is 0 Å². The van der Waals surface area contributed by atoms with Gasteiger partial charge < -0.3 is 15.3 Å². The Bertz CT molecular complexity index is 64.9. The van der Waals surface area contributed by atoms with E-state index in [9.17, 15) is 5.11 Å². The topological polar surface area (TPSA) is 80.6 Å². The highest BCUT2D eigenvalue weighted by molar-refractivity contribution is 4.66. The summed E-state index contributed by atoms with van der Waals surface area (Å²) in [5, 5.41) is 34.9. The van der Waals surface area contributed by atoms with Gasteiger partial charge in [-0.3, -0.25) is 0 Å². The number of hydrogen-bond acceptors (Lipinski definition) is 3. The number of rotatable bonds is 2. The molecule has 8 heavy (non-hydrogen) atoms. The molecule has 0 aliphatic heterocycles. The summed E-state index contributed by atoms with van der Waals surface area (Å²) in [7, 11) is 0. The van der Waals surface area contributed by atoms with Crippen LogP contribution < -0.4 is 0 Å². The van der Waals surface area contributed by atoms with E-state index in [0.717, 1.165) is 6.92 Å². The fourth-order valence-electron chi connectivity index (χ4n) is 0.158. The van der Waals surface area contributed by atoms with E-state index in [-0.39, 0.29) is 0 Å². The average molecular weight is 121 g/mol. The molecule has 0 bridgehead atoms. The van der Waals surface area contributed by atoms with Crippen molar-refractivity contribution in [3.05, 3.63) is 0 Å². The summed E-state index contributed by atoms with van der Waals surface area (Å²) >= 11 is 0. The van der Waals surface area contributed by atoms with E-state index >= 15 is 0 Å². The van der Waals surface area contributed by atoms with Crippen LogP contribution in [0, 0.1) is 0 Å². The SMILES string of the molecule is CC(O)(O)C(O)C[O]. The van der Waals surface area contributed by atoms with Crippen molar-refractivity contribution < 1.29 is 20.4 Å². The van der Waals surface area contributed by atoms with Crippen LogP contribution in [0.2, 0.25) is 0 Å². The highest BCUT2D eigenvalue weighted by Gasteiger charge is 2.26. The standard InChI is InChI=1S/C4H9O4/c1-4(7,8)3(6)2-5/h3,6-8H,2H2,1H3. The Kier molecular flexibility index (Phi) is 2.36. The second kappa shape index (κ2) is 2.41. The third-order valence-electron chi connectivity index (χ3n) is 0.789. The Morgan fingerprint density at radius 3 is 2.00 bits per heavy atom. The largest absolute Gasteiger partial charge is 0.385 e. The molecule has 49 valence electrons. The van der Waals surface area contributed by atoms with Gasteiger partial charge >= 0.3 is 0 Å². The molecule has 1 atom stereocenters. The van der Waals surface area contributed by atoms with Crippen LogP contribution in [0.4, 0.5) is 0 Å². The van der Waals surface area contributed by atoms with Crippen molar-refractivity contribution in [2.75, 3.05) is 6.61 Å². The maximum absolute atomic E-state index is 9.71. The van der Waals surface area contributed by atoms with Gasteiger partial charge in [-0.15, -0.1) is 0 Å². The van der Waals surface area contributed by atoms with Gasteiger partial charge in [0.25, 0.3) is 0 Å². The molecule has 4 nitrogen and oxygen atoms in total. The minimum Gasteiger partial charge on any atom is -0.385 e. The van der Waals surface area contributed by atoms with Crippen LogP contribution >= 0.6 is 0 Å².